The first-order valence-electron chi connectivity index (χ1n) is 11.7. The van der Waals surface area contributed by atoms with E-state index in [2.05, 4.69) is 122 Å². The van der Waals surface area contributed by atoms with Gasteiger partial charge in [-0.15, -0.1) is 0 Å². The van der Waals surface area contributed by atoms with Crippen LogP contribution in [0.4, 0.5) is 0 Å². The van der Waals surface area contributed by atoms with Crippen molar-refractivity contribution in [2.75, 3.05) is 0 Å². The smallest absolute Gasteiger partial charge is 0.113 e. The van der Waals surface area contributed by atoms with Crippen molar-refractivity contribution in [1.29, 1.82) is 0 Å². The second-order valence-electron chi connectivity index (χ2n) is 9.91. The first-order chi connectivity index (χ1) is 16.0. The molecule has 0 unspecified atom stereocenters. The van der Waals surface area contributed by atoms with Crippen LogP contribution in [0.15, 0.2) is 97.1 Å². The Hall–Kier alpha value is -3.62. The molecule has 33 heavy (non-hydrogen) atoms. The van der Waals surface area contributed by atoms with Crippen molar-refractivity contribution in [2.45, 2.75) is 13.1 Å². The molecule has 2 heteroatoms. The third-order valence-electron chi connectivity index (χ3n) is 7.79. The van der Waals surface area contributed by atoms with Crippen molar-refractivity contribution < 1.29 is 0 Å². The number of hydrogen-bond donors (Lipinski definition) is 0. The van der Waals surface area contributed by atoms with Crippen LogP contribution in [0.3, 0.4) is 0 Å². The first-order valence-corrected chi connectivity index (χ1v) is 14.7. The zero-order valence-corrected chi connectivity index (χ0v) is 20.2. The molecule has 7 rings (SSSR count). The van der Waals surface area contributed by atoms with Crippen molar-refractivity contribution in [2.24, 2.45) is 7.05 Å². The summed E-state index contributed by atoms with van der Waals surface area (Å²) in [5, 5.41) is 8.40. The lowest BCUT2D eigenvalue weighted by molar-refractivity contribution is 1.02. The lowest BCUT2D eigenvalue weighted by atomic mass is 9.96. The molecule has 0 spiro atoms. The van der Waals surface area contributed by atoms with Crippen LogP contribution in [0, 0.1) is 0 Å². The standard InChI is InChI=1S/C31H25NSi/c1-32-27-13-8-12-23(31(27)26-17-20-9-4-5-10-21(20)18-28(26)32)22-15-16-25-24-11-6-7-14-29(24)33(2,3)30(25)19-22/h4-19H,1-3H3. The highest BCUT2D eigenvalue weighted by molar-refractivity contribution is 7.03. The van der Waals surface area contributed by atoms with E-state index in [1.165, 1.54) is 54.8 Å². The molecule has 5 aromatic carbocycles. The number of aryl methyl sites for hydroxylation is 1. The number of aromatic nitrogens is 1. The maximum atomic E-state index is 2.50. The molecule has 6 aromatic rings. The van der Waals surface area contributed by atoms with E-state index in [9.17, 15) is 0 Å². The van der Waals surface area contributed by atoms with Gasteiger partial charge in [-0.1, -0.05) is 92.0 Å². The van der Waals surface area contributed by atoms with Crippen LogP contribution in [0.2, 0.25) is 13.1 Å². The number of rotatable bonds is 1. The molecule has 0 atom stereocenters. The molecular formula is C31H25NSi. The molecule has 1 aliphatic rings. The van der Waals surface area contributed by atoms with E-state index in [1.54, 1.807) is 10.4 Å². The average molecular weight is 440 g/mol. The number of fused-ring (bicyclic) bond motifs is 7. The van der Waals surface area contributed by atoms with Gasteiger partial charge in [0.05, 0.1) is 0 Å². The van der Waals surface area contributed by atoms with Gasteiger partial charge < -0.3 is 4.57 Å². The summed E-state index contributed by atoms with van der Waals surface area (Å²) in [6.07, 6.45) is 0. The van der Waals surface area contributed by atoms with E-state index in [0.29, 0.717) is 0 Å². The summed E-state index contributed by atoms with van der Waals surface area (Å²) in [6, 6.07) is 36.4. The Bertz CT molecular complexity index is 1750. The topological polar surface area (TPSA) is 4.93 Å². The zero-order valence-electron chi connectivity index (χ0n) is 19.2. The Morgan fingerprint density at radius 2 is 1.27 bits per heavy atom. The Labute approximate surface area is 194 Å². The Morgan fingerprint density at radius 1 is 0.576 bits per heavy atom. The van der Waals surface area contributed by atoms with E-state index in [4.69, 9.17) is 0 Å². The normalized spacial score (nSPS) is 14.2. The van der Waals surface area contributed by atoms with Crippen LogP contribution in [-0.4, -0.2) is 12.6 Å². The van der Waals surface area contributed by atoms with Crippen LogP contribution < -0.4 is 10.4 Å². The van der Waals surface area contributed by atoms with Gasteiger partial charge in [-0.25, -0.2) is 0 Å². The predicted molar refractivity (Wildman–Crippen MR) is 146 cm³/mol. The molecule has 1 aliphatic heterocycles. The fourth-order valence-corrected chi connectivity index (χ4v) is 9.15. The number of hydrogen-bond acceptors (Lipinski definition) is 0. The molecule has 0 saturated heterocycles. The van der Waals surface area contributed by atoms with Crippen LogP contribution in [0.25, 0.3) is 54.8 Å². The van der Waals surface area contributed by atoms with Crippen molar-refractivity contribution in [1.82, 2.24) is 4.57 Å². The van der Waals surface area contributed by atoms with Gasteiger partial charge in [0.1, 0.15) is 8.07 Å². The fraction of sp³-hybridized carbons (Fsp3) is 0.0968. The molecular weight excluding hydrogens is 414 g/mol. The quantitative estimate of drug-likeness (QED) is 0.244. The summed E-state index contributed by atoms with van der Waals surface area (Å²) >= 11 is 0. The molecule has 1 nitrogen and oxygen atoms in total. The van der Waals surface area contributed by atoms with E-state index in [-0.39, 0.29) is 0 Å². The third-order valence-corrected chi connectivity index (χ3v) is 11.3. The van der Waals surface area contributed by atoms with Gasteiger partial charge in [0.25, 0.3) is 0 Å². The van der Waals surface area contributed by atoms with Gasteiger partial charge in [-0.3, -0.25) is 0 Å². The average Bonchev–Trinajstić information content (AvgIpc) is 3.26. The van der Waals surface area contributed by atoms with E-state index in [1.807, 2.05) is 0 Å². The van der Waals surface area contributed by atoms with Gasteiger partial charge in [0, 0.05) is 28.9 Å². The molecule has 0 aliphatic carbocycles. The molecule has 2 heterocycles. The highest BCUT2D eigenvalue weighted by Gasteiger charge is 2.37. The van der Waals surface area contributed by atoms with Crippen molar-refractivity contribution >= 4 is 51.0 Å². The maximum absolute atomic E-state index is 2.50. The van der Waals surface area contributed by atoms with Crippen LogP contribution in [0.5, 0.6) is 0 Å². The predicted octanol–water partition coefficient (Wildman–Crippen LogP) is 6.95. The van der Waals surface area contributed by atoms with Crippen LogP contribution in [0.1, 0.15) is 0 Å². The van der Waals surface area contributed by atoms with Gasteiger partial charge in [-0.2, -0.15) is 0 Å². The SMILES string of the molecule is Cn1c2cc3ccccc3cc2c2c(-c3ccc4c(c3)[Si](C)(C)c3ccccc3-4)cccc21. The van der Waals surface area contributed by atoms with E-state index >= 15 is 0 Å². The fourth-order valence-electron chi connectivity index (χ4n) is 6.05. The lowest BCUT2D eigenvalue weighted by Gasteiger charge is -2.19. The Balaban J connectivity index is 1.53. The molecule has 0 fully saturated rings. The minimum atomic E-state index is -1.70. The lowest BCUT2D eigenvalue weighted by Crippen LogP contribution is -2.49. The summed E-state index contributed by atoms with van der Waals surface area (Å²) in [5.41, 5.74) is 8.11. The zero-order chi connectivity index (χ0) is 22.3. The second-order valence-corrected chi connectivity index (χ2v) is 14.2. The number of nitrogens with zero attached hydrogens (tertiary/aromatic N) is 1. The molecule has 158 valence electrons. The van der Waals surface area contributed by atoms with Gasteiger partial charge >= 0.3 is 0 Å². The molecule has 0 saturated carbocycles. The number of benzene rings is 5. The summed E-state index contributed by atoms with van der Waals surface area (Å²) < 4.78 is 2.35. The third kappa shape index (κ3) is 2.47. The van der Waals surface area contributed by atoms with Gasteiger partial charge in [0.2, 0.25) is 0 Å². The van der Waals surface area contributed by atoms with E-state index < -0.39 is 8.07 Å². The van der Waals surface area contributed by atoms with Crippen molar-refractivity contribution in [3.05, 3.63) is 97.1 Å². The highest BCUT2D eigenvalue weighted by Crippen LogP contribution is 2.39. The summed E-state index contributed by atoms with van der Waals surface area (Å²) in [4.78, 5) is 0. The highest BCUT2D eigenvalue weighted by atomic mass is 28.3. The monoisotopic (exact) mass is 439 g/mol. The van der Waals surface area contributed by atoms with Crippen LogP contribution in [-0.2, 0) is 7.05 Å². The minimum absolute atomic E-state index is 1.29. The molecule has 0 bridgehead atoms. The Kier molecular flexibility index (Phi) is 3.70. The first kappa shape index (κ1) is 18.9. The summed E-state index contributed by atoms with van der Waals surface area (Å²) in [5.74, 6) is 0. The molecule has 0 N–H and O–H groups in total. The van der Waals surface area contributed by atoms with Crippen molar-refractivity contribution in [3.8, 4) is 22.3 Å². The molecule has 0 radical (unpaired) electrons. The minimum Gasteiger partial charge on any atom is -0.344 e. The largest absolute Gasteiger partial charge is 0.344 e. The van der Waals surface area contributed by atoms with Gasteiger partial charge in [-0.05, 0) is 61.6 Å². The van der Waals surface area contributed by atoms with Crippen molar-refractivity contribution in [3.63, 3.8) is 0 Å². The molecule has 1 aromatic heterocycles. The van der Waals surface area contributed by atoms with Gasteiger partial charge in [0.15, 0.2) is 0 Å². The maximum Gasteiger partial charge on any atom is 0.113 e. The van der Waals surface area contributed by atoms with Crippen LogP contribution >= 0.6 is 0 Å². The Morgan fingerprint density at radius 3 is 2.12 bits per heavy atom. The molecule has 0 amide bonds. The van der Waals surface area contributed by atoms with E-state index in [0.717, 1.165) is 0 Å². The second kappa shape index (κ2) is 6.46. The summed E-state index contributed by atoms with van der Waals surface area (Å²) in [6.45, 7) is 4.98. The summed E-state index contributed by atoms with van der Waals surface area (Å²) in [7, 11) is 0.490.